The van der Waals surface area contributed by atoms with Crippen LogP contribution in [0.2, 0.25) is 10.0 Å². The number of aromatic nitrogens is 4. The van der Waals surface area contributed by atoms with Gasteiger partial charge in [-0.15, -0.1) is 0 Å². The van der Waals surface area contributed by atoms with Gasteiger partial charge in [0, 0.05) is 24.0 Å². The molecule has 2 aromatic heterocycles. The van der Waals surface area contributed by atoms with Crippen molar-refractivity contribution in [3.63, 3.8) is 0 Å². The summed E-state index contributed by atoms with van der Waals surface area (Å²) in [6.07, 6.45) is 6.42. The van der Waals surface area contributed by atoms with E-state index in [9.17, 15) is 4.79 Å². The van der Waals surface area contributed by atoms with Crippen LogP contribution in [0.5, 0.6) is 0 Å². The molecule has 0 spiro atoms. The molecule has 0 unspecified atom stereocenters. The first-order valence-corrected chi connectivity index (χ1v) is 11.5. The average Bonchev–Trinajstić information content (AvgIpc) is 3.24. The number of hydrogen-bond acceptors (Lipinski definition) is 6. The van der Waals surface area contributed by atoms with Crippen molar-refractivity contribution in [1.29, 1.82) is 0 Å². The molecule has 0 saturated carbocycles. The minimum absolute atomic E-state index is 0.280. The number of halogens is 2. The van der Waals surface area contributed by atoms with Crippen molar-refractivity contribution in [3.8, 4) is 11.1 Å². The maximum Gasteiger partial charge on any atom is 0.253 e. The molecule has 1 amide bonds. The molecule has 172 valence electrons. The summed E-state index contributed by atoms with van der Waals surface area (Å²) < 4.78 is 0. The smallest absolute Gasteiger partial charge is 0.253 e. The largest absolute Gasteiger partial charge is 0.355 e. The van der Waals surface area contributed by atoms with E-state index in [-0.39, 0.29) is 5.91 Å². The monoisotopic (exact) mass is 493 g/mol. The second-order valence-corrected chi connectivity index (χ2v) is 8.68. The summed E-state index contributed by atoms with van der Waals surface area (Å²) >= 11 is 12.7. The summed E-state index contributed by atoms with van der Waals surface area (Å²) in [5.74, 6) is 0.392. The third-order valence-corrected chi connectivity index (χ3v) is 6.31. The van der Waals surface area contributed by atoms with Gasteiger partial charge in [-0.25, -0.2) is 4.98 Å². The second kappa shape index (κ2) is 9.32. The molecule has 4 aromatic rings. The molecule has 0 aliphatic heterocycles. The first-order valence-electron chi connectivity index (χ1n) is 10.8. The summed E-state index contributed by atoms with van der Waals surface area (Å²) in [6.45, 7) is 0. The van der Waals surface area contributed by atoms with E-state index in [4.69, 9.17) is 23.2 Å². The normalized spacial score (nSPS) is 12.3. The van der Waals surface area contributed by atoms with Crippen LogP contribution in [0.25, 0.3) is 11.1 Å². The van der Waals surface area contributed by atoms with Crippen molar-refractivity contribution in [2.45, 2.75) is 19.3 Å². The maximum absolute atomic E-state index is 12.3. The predicted molar refractivity (Wildman–Crippen MR) is 134 cm³/mol. The number of nitrogens with zero attached hydrogens (tertiary/aromatic N) is 3. The second-order valence-electron chi connectivity index (χ2n) is 7.87. The van der Waals surface area contributed by atoms with E-state index < -0.39 is 0 Å². The van der Waals surface area contributed by atoms with Crippen LogP contribution in [0.1, 0.15) is 28.0 Å². The molecular formula is C24H21Cl2N7O. The van der Waals surface area contributed by atoms with Gasteiger partial charge in [-0.2, -0.15) is 10.1 Å². The molecule has 5 rings (SSSR count). The van der Waals surface area contributed by atoms with Crippen LogP contribution in [-0.2, 0) is 12.8 Å². The van der Waals surface area contributed by atoms with Crippen LogP contribution in [-0.4, -0.2) is 33.1 Å². The Kier molecular flexibility index (Phi) is 6.08. The molecule has 0 atom stereocenters. The van der Waals surface area contributed by atoms with Gasteiger partial charge in [-0.05, 0) is 54.7 Å². The summed E-state index contributed by atoms with van der Waals surface area (Å²) in [7, 11) is 1.56. The highest BCUT2D eigenvalue weighted by Crippen LogP contribution is 2.35. The molecule has 10 heteroatoms. The Morgan fingerprint density at radius 1 is 1.03 bits per heavy atom. The lowest BCUT2D eigenvalue weighted by molar-refractivity contribution is 0.0964. The number of hydrogen-bond donors (Lipinski definition) is 4. The number of carbonyl (C=O) groups is 1. The zero-order valence-corrected chi connectivity index (χ0v) is 19.8. The zero-order chi connectivity index (χ0) is 23.7. The fourth-order valence-electron chi connectivity index (χ4n) is 4.05. The molecular weight excluding hydrogens is 473 g/mol. The molecule has 0 radical (unpaired) electrons. The number of carbonyl (C=O) groups excluding carboxylic acids is 1. The van der Waals surface area contributed by atoms with E-state index >= 15 is 0 Å². The number of nitrogens with one attached hydrogen (secondary N) is 4. The Morgan fingerprint density at radius 2 is 1.91 bits per heavy atom. The van der Waals surface area contributed by atoms with Gasteiger partial charge in [0.1, 0.15) is 5.02 Å². The van der Waals surface area contributed by atoms with E-state index in [2.05, 4.69) is 48.2 Å². The summed E-state index contributed by atoms with van der Waals surface area (Å²) in [5.41, 5.74) is 6.32. The summed E-state index contributed by atoms with van der Waals surface area (Å²) in [6, 6.07) is 11.3. The highest BCUT2D eigenvalue weighted by molar-refractivity contribution is 6.35. The van der Waals surface area contributed by atoms with Gasteiger partial charge in [0.05, 0.1) is 28.7 Å². The number of benzene rings is 2. The zero-order valence-electron chi connectivity index (χ0n) is 18.2. The lowest BCUT2D eigenvalue weighted by Crippen LogP contribution is -2.19. The first-order chi connectivity index (χ1) is 16.5. The third-order valence-electron chi connectivity index (χ3n) is 5.72. The molecule has 0 fully saturated rings. The van der Waals surface area contributed by atoms with Gasteiger partial charge >= 0.3 is 0 Å². The van der Waals surface area contributed by atoms with Crippen LogP contribution in [0, 0.1) is 0 Å². The van der Waals surface area contributed by atoms with E-state index in [0.717, 1.165) is 41.8 Å². The summed E-state index contributed by atoms with van der Waals surface area (Å²) in [5, 5.41) is 16.9. The number of rotatable bonds is 5. The van der Waals surface area contributed by atoms with Crippen molar-refractivity contribution < 1.29 is 4.79 Å². The molecule has 1 aliphatic carbocycles. The Morgan fingerprint density at radius 3 is 2.76 bits per heavy atom. The average molecular weight is 494 g/mol. The lowest BCUT2D eigenvalue weighted by Gasteiger charge is -2.15. The van der Waals surface area contributed by atoms with Crippen LogP contribution in [0.3, 0.4) is 0 Å². The number of H-pyrrole nitrogens is 1. The first kappa shape index (κ1) is 22.2. The fraction of sp³-hybridized carbons (Fsp3) is 0.167. The highest BCUT2D eigenvalue weighted by atomic mass is 35.5. The van der Waals surface area contributed by atoms with E-state index in [1.54, 1.807) is 25.2 Å². The third kappa shape index (κ3) is 4.30. The molecule has 4 N–H and O–H groups in total. The number of anilines is 4. The SMILES string of the molecule is CNC(=O)c1cccc(Cl)c1Nc1nc(Nc2ccc3c(c2)-c2cn[nH]c2CCC3)ncc1Cl. The molecule has 34 heavy (non-hydrogen) atoms. The molecule has 2 heterocycles. The summed E-state index contributed by atoms with van der Waals surface area (Å²) in [4.78, 5) is 21.1. The minimum atomic E-state index is -0.280. The standard InChI is InChI=1S/C24H21Cl2N7O/c1-27-23(34)15-5-3-6-18(25)21(15)31-22-19(26)12-28-24(32-22)30-14-9-8-13-4-2-7-20-17(11-29-33-20)16(13)10-14/h3,5-6,8-12H,2,4,7H2,1H3,(H,27,34)(H,29,33)(H2,28,30,31,32). The number of amides is 1. The van der Waals surface area contributed by atoms with Gasteiger partial charge < -0.3 is 16.0 Å². The van der Waals surface area contributed by atoms with E-state index in [0.29, 0.717) is 33.1 Å². The number of aromatic amines is 1. The Labute approximate surface area is 206 Å². The molecule has 8 nitrogen and oxygen atoms in total. The van der Waals surface area contributed by atoms with Crippen molar-refractivity contribution in [3.05, 3.63) is 75.7 Å². The van der Waals surface area contributed by atoms with Crippen molar-refractivity contribution >= 4 is 52.3 Å². The van der Waals surface area contributed by atoms with Crippen LogP contribution < -0.4 is 16.0 Å². The van der Waals surface area contributed by atoms with Gasteiger partial charge in [-0.3, -0.25) is 9.89 Å². The van der Waals surface area contributed by atoms with Crippen molar-refractivity contribution in [1.82, 2.24) is 25.5 Å². The molecule has 2 aromatic carbocycles. The van der Waals surface area contributed by atoms with Gasteiger partial charge in [0.25, 0.3) is 5.91 Å². The fourth-order valence-corrected chi connectivity index (χ4v) is 4.41. The predicted octanol–water partition coefficient (Wildman–Crippen LogP) is 5.51. The van der Waals surface area contributed by atoms with E-state index in [1.807, 2.05) is 12.3 Å². The number of para-hydroxylation sites is 1. The van der Waals surface area contributed by atoms with Crippen LogP contribution in [0.15, 0.2) is 48.8 Å². The van der Waals surface area contributed by atoms with E-state index in [1.165, 1.54) is 11.8 Å². The number of aryl methyl sites for hydroxylation is 2. The molecule has 0 bridgehead atoms. The Bertz CT molecular complexity index is 1390. The van der Waals surface area contributed by atoms with Crippen molar-refractivity contribution in [2.75, 3.05) is 17.7 Å². The van der Waals surface area contributed by atoms with Gasteiger partial charge in [0.2, 0.25) is 5.95 Å². The Hall–Kier alpha value is -3.62. The van der Waals surface area contributed by atoms with Gasteiger partial charge in [-0.1, -0.05) is 35.3 Å². The lowest BCUT2D eigenvalue weighted by atomic mass is 10.00. The van der Waals surface area contributed by atoms with Gasteiger partial charge in [0.15, 0.2) is 5.82 Å². The Balaban J connectivity index is 1.45. The quantitative estimate of drug-likeness (QED) is 0.292. The van der Waals surface area contributed by atoms with Crippen LogP contribution in [0.4, 0.5) is 23.1 Å². The highest BCUT2D eigenvalue weighted by Gasteiger charge is 2.18. The molecule has 0 saturated heterocycles. The van der Waals surface area contributed by atoms with Crippen molar-refractivity contribution in [2.24, 2.45) is 0 Å². The minimum Gasteiger partial charge on any atom is -0.355 e. The maximum atomic E-state index is 12.3. The molecule has 1 aliphatic rings. The topological polar surface area (TPSA) is 108 Å². The van der Waals surface area contributed by atoms with Crippen LogP contribution >= 0.6 is 23.2 Å². The number of fused-ring (bicyclic) bond motifs is 3.